The van der Waals surface area contributed by atoms with Crippen molar-refractivity contribution >= 4 is 7.45 Å². The molecule has 0 radical (unpaired) electrons. The average molecular weight is 172 g/mol. The topological polar surface area (TPSA) is 29.6 Å². The maximum Gasteiger partial charge on any atom is 0.330 e. The summed E-state index contributed by atoms with van der Waals surface area (Å²) in [4.78, 5) is 0. The van der Waals surface area contributed by atoms with Crippen LogP contribution in [0.3, 0.4) is 0 Å². The largest absolute Gasteiger partial charge is 0.362 e. The SMILES string of the molecule is O=P(F)(/C(F)=C/F)C1CO1. The fourth-order valence-electron chi connectivity index (χ4n) is 0.439. The van der Waals surface area contributed by atoms with Gasteiger partial charge in [0.05, 0.1) is 6.61 Å². The summed E-state index contributed by atoms with van der Waals surface area (Å²) in [5.41, 5.74) is -1.85. The second-order valence-corrected chi connectivity index (χ2v) is 3.95. The Bertz CT molecular complexity index is 211. The van der Waals surface area contributed by atoms with E-state index in [-0.39, 0.29) is 6.61 Å². The molecule has 0 amide bonds. The summed E-state index contributed by atoms with van der Waals surface area (Å²) in [5.74, 6) is -1.25. The zero-order valence-electron chi connectivity index (χ0n) is 4.76. The van der Waals surface area contributed by atoms with Gasteiger partial charge in [0.1, 0.15) is 6.33 Å². The lowest BCUT2D eigenvalue weighted by Crippen LogP contribution is -1.83. The summed E-state index contributed by atoms with van der Waals surface area (Å²) >= 11 is 0. The van der Waals surface area contributed by atoms with Gasteiger partial charge in [-0.05, 0) is 0 Å². The minimum atomic E-state index is -4.65. The Morgan fingerprint density at radius 1 is 1.80 bits per heavy atom. The summed E-state index contributed by atoms with van der Waals surface area (Å²) in [6.45, 7) is -0.102. The Morgan fingerprint density at radius 2 is 2.30 bits per heavy atom. The number of hydrogen-bond donors (Lipinski definition) is 0. The minimum Gasteiger partial charge on any atom is -0.362 e. The van der Waals surface area contributed by atoms with E-state index in [0.29, 0.717) is 0 Å². The number of epoxide rings is 1. The van der Waals surface area contributed by atoms with Crippen molar-refractivity contribution in [3.63, 3.8) is 0 Å². The Morgan fingerprint density at radius 3 is 2.60 bits per heavy atom. The second kappa shape index (κ2) is 2.40. The van der Waals surface area contributed by atoms with Gasteiger partial charge in [0.2, 0.25) is 5.57 Å². The molecule has 2 nitrogen and oxygen atoms in total. The molecule has 0 aliphatic carbocycles. The van der Waals surface area contributed by atoms with Crippen LogP contribution in [-0.4, -0.2) is 12.5 Å². The summed E-state index contributed by atoms with van der Waals surface area (Å²) in [5, 5.41) is 0. The van der Waals surface area contributed by atoms with Gasteiger partial charge in [-0.1, -0.05) is 0 Å². The molecule has 2 atom stereocenters. The van der Waals surface area contributed by atoms with Crippen molar-refractivity contribution in [3.8, 4) is 0 Å². The molecule has 0 aromatic heterocycles. The van der Waals surface area contributed by atoms with Crippen molar-refractivity contribution in [1.29, 1.82) is 0 Å². The first-order chi connectivity index (χ1) is 4.59. The second-order valence-electron chi connectivity index (χ2n) is 1.80. The fraction of sp³-hybridized carbons (Fsp3) is 0.500. The molecular formula is C4H4F3O2P. The lowest BCUT2D eigenvalue weighted by atomic mass is 11.0. The summed E-state index contributed by atoms with van der Waals surface area (Å²) < 4.78 is 50.3. The first-order valence-electron chi connectivity index (χ1n) is 2.46. The Hall–Kier alpha value is -0.280. The third-order valence-electron chi connectivity index (χ3n) is 1.07. The van der Waals surface area contributed by atoms with Crippen molar-refractivity contribution in [3.05, 3.63) is 11.9 Å². The van der Waals surface area contributed by atoms with Gasteiger partial charge in [-0.15, -0.1) is 0 Å². The van der Waals surface area contributed by atoms with E-state index in [1.807, 2.05) is 0 Å². The van der Waals surface area contributed by atoms with E-state index >= 15 is 0 Å². The molecule has 1 aliphatic rings. The molecule has 10 heavy (non-hydrogen) atoms. The third kappa shape index (κ3) is 1.25. The molecule has 1 rings (SSSR count). The summed E-state index contributed by atoms with van der Waals surface area (Å²) in [7, 11) is -4.65. The lowest BCUT2D eigenvalue weighted by Gasteiger charge is -1.98. The predicted octanol–water partition coefficient (Wildman–Crippen LogP) is 2.33. The maximum atomic E-state index is 12.4. The van der Waals surface area contributed by atoms with Gasteiger partial charge in [0.15, 0.2) is 5.85 Å². The highest BCUT2D eigenvalue weighted by atomic mass is 31.2. The van der Waals surface area contributed by atoms with Crippen LogP contribution in [0.15, 0.2) is 11.9 Å². The third-order valence-corrected chi connectivity index (χ3v) is 2.79. The van der Waals surface area contributed by atoms with E-state index in [9.17, 15) is 17.5 Å². The van der Waals surface area contributed by atoms with Crippen molar-refractivity contribution in [1.82, 2.24) is 0 Å². The molecule has 0 spiro atoms. The first kappa shape index (κ1) is 7.82. The van der Waals surface area contributed by atoms with Crippen LogP contribution in [0.5, 0.6) is 0 Å². The van der Waals surface area contributed by atoms with E-state index in [1.54, 1.807) is 0 Å². The van der Waals surface area contributed by atoms with Gasteiger partial charge in [-0.3, -0.25) is 4.57 Å². The van der Waals surface area contributed by atoms with Gasteiger partial charge in [0, 0.05) is 0 Å². The molecule has 0 saturated carbocycles. The van der Waals surface area contributed by atoms with Crippen molar-refractivity contribution in [2.75, 3.05) is 6.61 Å². The molecule has 1 aliphatic heterocycles. The average Bonchev–Trinajstić information content (AvgIpc) is 2.66. The van der Waals surface area contributed by atoms with Crippen LogP contribution < -0.4 is 0 Å². The highest BCUT2D eigenvalue weighted by molar-refractivity contribution is 7.63. The number of hydrogen-bond acceptors (Lipinski definition) is 2. The first-order valence-corrected chi connectivity index (χ1v) is 4.13. The number of rotatable bonds is 2. The molecular weight excluding hydrogens is 168 g/mol. The van der Waals surface area contributed by atoms with E-state index in [1.165, 1.54) is 0 Å². The zero-order chi connectivity index (χ0) is 7.78. The number of ether oxygens (including phenoxy) is 1. The maximum absolute atomic E-state index is 12.4. The van der Waals surface area contributed by atoms with E-state index < -0.39 is 25.2 Å². The number of halogens is 3. The van der Waals surface area contributed by atoms with Crippen molar-refractivity contribution < 1.29 is 22.3 Å². The van der Waals surface area contributed by atoms with E-state index in [0.717, 1.165) is 0 Å². The monoisotopic (exact) mass is 172 g/mol. The van der Waals surface area contributed by atoms with Crippen molar-refractivity contribution in [2.24, 2.45) is 0 Å². The summed E-state index contributed by atoms with van der Waals surface area (Å²) in [6, 6.07) is 0. The predicted molar refractivity (Wildman–Crippen MR) is 28.8 cm³/mol. The van der Waals surface area contributed by atoms with Crippen LogP contribution in [0.25, 0.3) is 0 Å². The highest BCUT2D eigenvalue weighted by Gasteiger charge is 2.47. The van der Waals surface area contributed by atoms with Crippen LogP contribution in [0, 0.1) is 0 Å². The molecule has 1 fully saturated rings. The minimum absolute atomic E-state index is 0.102. The quantitative estimate of drug-likeness (QED) is 0.472. The highest BCUT2D eigenvalue weighted by Crippen LogP contribution is 2.64. The van der Waals surface area contributed by atoms with Crippen LogP contribution in [-0.2, 0) is 9.30 Å². The van der Waals surface area contributed by atoms with Crippen LogP contribution in [0.4, 0.5) is 13.0 Å². The Kier molecular flexibility index (Phi) is 1.88. The van der Waals surface area contributed by atoms with Gasteiger partial charge in [0.25, 0.3) is 0 Å². The Balaban J connectivity index is 2.76. The van der Waals surface area contributed by atoms with Crippen molar-refractivity contribution in [2.45, 2.75) is 5.85 Å². The van der Waals surface area contributed by atoms with Gasteiger partial charge < -0.3 is 4.74 Å². The molecule has 0 aromatic carbocycles. The smallest absolute Gasteiger partial charge is 0.330 e. The normalized spacial score (nSPS) is 31.5. The molecule has 0 bridgehead atoms. The molecule has 1 saturated heterocycles. The lowest BCUT2D eigenvalue weighted by molar-refractivity contribution is 0.429. The van der Waals surface area contributed by atoms with Gasteiger partial charge in [-0.25, -0.2) is 4.39 Å². The molecule has 1 heterocycles. The van der Waals surface area contributed by atoms with E-state index in [2.05, 4.69) is 4.74 Å². The van der Waals surface area contributed by atoms with Crippen LogP contribution >= 0.6 is 7.45 Å². The Labute approximate surface area is 55.2 Å². The fourth-order valence-corrected chi connectivity index (χ4v) is 1.32. The molecule has 58 valence electrons. The van der Waals surface area contributed by atoms with Crippen LogP contribution in [0.1, 0.15) is 0 Å². The van der Waals surface area contributed by atoms with Crippen LogP contribution in [0.2, 0.25) is 0 Å². The van der Waals surface area contributed by atoms with Gasteiger partial charge >= 0.3 is 7.45 Å². The van der Waals surface area contributed by atoms with E-state index in [4.69, 9.17) is 0 Å². The molecule has 6 heteroatoms. The van der Waals surface area contributed by atoms with Gasteiger partial charge in [-0.2, -0.15) is 8.59 Å². The standard InChI is InChI=1S/C4H4F3O2P/c5-1-3(6)10(7,8)4-2-9-4/h1,4H,2H2/b3-1+. The molecule has 0 aromatic rings. The zero-order valence-corrected chi connectivity index (χ0v) is 5.65. The molecule has 2 unspecified atom stereocenters. The molecule has 0 N–H and O–H groups in total. The summed E-state index contributed by atoms with van der Waals surface area (Å²) in [6.07, 6.45) is -0.636.